The zero-order chi connectivity index (χ0) is 17.1. The van der Waals surface area contributed by atoms with Crippen LogP contribution in [0.1, 0.15) is 5.56 Å². The first kappa shape index (κ1) is 18.7. The van der Waals surface area contributed by atoms with Gasteiger partial charge in [0.15, 0.2) is 11.6 Å². The van der Waals surface area contributed by atoms with Crippen molar-refractivity contribution in [3.05, 3.63) is 83.7 Å². The molecule has 0 aromatic heterocycles. The van der Waals surface area contributed by atoms with Crippen LogP contribution in [0.3, 0.4) is 0 Å². The quantitative estimate of drug-likeness (QED) is 0.499. The molecular weight excluding hydrogens is 351 g/mol. The van der Waals surface area contributed by atoms with Crippen molar-refractivity contribution in [1.82, 2.24) is 0 Å². The van der Waals surface area contributed by atoms with Gasteiger partial charge in [0, 0.05) is 17.3 Å². The van der Waals surface area contributed by atoms with Crippen LogP contribution in [-0.2, 0) is 6.61 Å². The molecule has 0 fully saturated rings. The first-order valence-electron chi connectivity index (χ1n) is 7.25. The third-order valence-electron chi connectivity index (χ3n) is 3.53. The van der Waals surface area contributed by atoms with Gasteiger partial charge in [-0.15, -0.1) is 12.4 Å². The van der Waals surface area contributed by atoms with Crippen molar-refractivity contribution in [3.63, 3.8) is 0 Å². The Labute approximate surface area is 149 Å². The number of hydrogen-bond acceptors (Lipinski definition) is 2. The van der Waals surface area contributed by atoms with E-state index >= 15 is 0 Å². The summed E-state index contributed by atoms with van der Waals surface area (Å²) in [5.74, 6) is -2.54. The standard InChI is InChI=1S/C19H14F3NO.ClH/c20-17-10-19(22)18(21)9-16(17)13-4-6-15(7-5-13)24-11-12-2-1-3-14(23)8-12;/h1-10H,11,23H2;1H. The van der Waals surface area contributed by atoms with Crippen molar-refractivity contribution in [3.8, 4) is 16.9 Å². The van der Waals surface area contributed by atoms with E-state index in [0.717, 1.165) is 11.6 Å². The molecule has 0 saturated carbocycles. The van der Waals surface area contributed by atoms with Crippen molar-refractivity contribution in [2.45, 2.75) is 6.61 Å². The minimum atomic E-state index is -1.21. The van der Waals surface area contributed by atoms with Crippen molar-refractivity contribution in [1.29, 1.82) is 0 Å². The Morgan fingerprint density at radius 3 is 2.16 bits per heavy atom. The van der Waals surface area contributed by atoms with Crippen LogP contribution >= 0.6 is 12.4 Å². The molecule has 2 nitrogen and oxygen atoms in total. The summed E-state index contributed by atoms with van der Waals surface area (Å²) in [5.41, 5.74) is 7.71. The van der Waals surface area contributed by atoms with Gasteiger partial charge >= 0.3 is 0 Å². The first-order valence-corrected chi connectivity index (χ1v) is 7.25. The summed E-state index contributed by atoms with van der Waals surface area (Å²) in [4.78, 5) is 0. The van der Waals surface area contributed by atoms with E-state index in [-0.39, 0.29) is 18.0 Å². The Balaban J connectivity index is 0.00000225. The first-order chi connectivity index (χ1) is 11.5. The van der Waals surface area contributed by atoms with Gasteiger partial charge in [0.25, 0.3) is 0 Å². The van der Waals surface area contributed by atoms with Gasteiger partial charge in [0.05, 0.1) is 0 Å². The highest BCUT2D eigenvalue weighted by atomic mass is 35.5. The molecule has 3 aromatic carbocycles. The molecule has 3 rings (SSSR count). The highest BCUT2D eigenvalue weighted by Gasteiger charge is 2.11. The second kappa shape index (κ2) is 7.94. The van der Waals surface area contributed by atoms with E-state index in [1.807, 2.05) is 18.2 Å². The van der Waals surface area contributed by atoms with Crippen molar-refractivity contribution >= 4 is 18.1 Å². The molecule has 0 spiro atoms. The molecule has 0 aliphatic carbocycles. The summed E-state index contributed by atoms with van der Waals surface area (Å²) >= 11 is 0. The van der Waals surface area contributed by atoms with Crippen LogP contribution < -0.4 is 10.5 Å². The lowest BCUT2D eigenvalue weighted by Gasteiger charge is -2.09. The molecule has 0 amide bonds. The number of benzene rings is 3. The van der Waals surface area contributed by atoms with Crippen LogP contribution in [-0.4, -0.2) is 0 Å². The van der Waals surface area contributed by atoms with Gasteiger partial charge in [-0.25, -0.2) is 13.2 Å². The summed E-state index contributed by atoms with van der Waals surface area (Å²) in [7, 11) is 0. The predicted octanol–water partition coefficient (Wildman–Crippen LogP) is 5.35. The van der Waals surface area contributed by atoms with Crippen LogP contribution in [0.5, 0.6) is 5.75 Å². The normalized spacial score (nSPS) is 10.2. The monoisotopic (exact) mass is 365 g/mol. The zero-order valence-electron chi connectivity index (χ0n) is 13.0. The van der Waals surface area contributed by atoms with Crippen molar-refractivity contribution in [2.24, 2.45) is 0 Å². The lowest BCUT2D eigenvalue weighted by atomic mass is 10.0. The Bertz CT molecular complexity index is 869. The second-order valence-electron chi connectivity index (χ2n) is 5.30. The van der Waals surface area contributed by atoms with Crippen LogP contribution in [0.4, 0.5) is 18.9 Å². The largest absolute Gasteiger partial charge is 0.489 e. The molecule has 0 saturated heterocycles. The molecule has 0 heterocycles. The third-order valence-corrected chi connectivity index (χ3v) is 3.53. The van der Waals surface area contributed by atoms with Crippen LogP contribution in [0.2, 0.25) is 0 Å². The number of ether oxygens (including phenoxy) is 1. The van der Waals surface area contributed by atoms with E-state index in [9.17, 15) is 13.2 Å². The molecule has 0 atom stereocenters. The van der Waals surface area contributed by atoms with Gasteiger partial charge in [-0.2, -0.15) is 0 Å². The number of rotatable bonds is 4. The van der Waals surface area contributed by atoms with E-state index in [1.165, 1.54) is 0 Å². The van der Waals surface area contributed by atoms with Gasteiger partial charge in [0.1, 0.15) is 18.2 Å². The summed E-state index contributed by atoms with van der Waals surface area (Å²) in [6.07, 6.45) is 0. The SMILES string of the molecule is Cl.Nc1cccc(COc2ccc(-c3cc(F)c(F)cc3F)cc2)c1. The van der Waals surface area contributed by atoms with E-state index in [2.05, 4.69) is 0 Å². The molecule has 3 aromatic rings. The average molecular weight is 366 g/mol. The second-order valence-corrected chi connectivity index (χ2v) is 5.30. The minimum absolute atomic E-state index is 0. The van der Waals surface area contributed by atoms with Gasteiger partial charge < -0.3 is 10.5 Å². The Morgan fingerprint density at radius 2 is 1.48 bits per heavy atom. The molecule has 130 valence electrons. The van der Waals surface area contributed by atoms with E-state index in [1.54, 1.807) is 30.3 Å². The third kappa shape index (κ3) is 4.45. The summed E-state index contributed by atoms with van der Waals surface area (Å²) in [6, 6.07) is 15.2. The van der Waals surface area contributed by atoms with Crippen LogP contribution in [0, 0.1) is 17.5 Å². The highest BCUT2D eigenvalue weighted by molar-refractivity contribution is 5.85. The maximum atomic E-state index is 13.8. The maximum absolute atomic E-state index is 13.8. The van der Waals surface area contributed by atoms with Gasteiger partial charge in [-0.3, -0.25) is 0 Å². The molecule has 2 N–H and O–H groups in total. The number of nitrogens with two attached hydrogens (primary N) is 1. The Kier molecular flexibility index (Phi) is 5.93. The van der Waals surface area contributed by atoms with E-state index in [0.29, 0.717) is 29.7 Å². The smallest absolute Gasteiger partial charge is 0.161 e. The van der Waals surface area contributed by atoms with Crippen LogP contribution in [0.25, 0.3) is 11.1 Å². The number of anilines is 1. The van der Waals surface area contributed by atoms with Gasteiger partial charge in [-0.05, 0) is 41.5 Å². The zero-order valence-corrected chi connectivity index (χ0v) is 13.8. The van der Waals surface area contributed by atoms with Crippen LogP contribution in [0.15, 0.2) is 60.7 Å². The Morgan fingerprint density at radius 1 is 0.800 bits per heavy atom. The van der Waals surface area contributed by atoms with E-state index < -0.39 is 17.5 Å². The fourth-order valence-corrected chi connectivity index (χ4v) is 2.32. The molecule has 0 aliphatic rings. The molecule has 0 unspecified atom stereocenters. The predicted molar refractivity (Wildman–Crippen MR) is 94.2 cm³/mol. The van der Waals surface area contributed by atoms with Crippen molar-refractivity contribution < 1.29 is 17.9 Å². The van der Waals surface area contributed by atoms with Crippen molar-refractivity contribution in [2.75, 3.05) is 5.73 Å². The summed E-state index contributed by atoms with van der Waals surface area (Å²) in [6.45, 7) is 0.337. The lowest BCUT2D eigenvalue weighted by molar-refractivity contribution is 0.306. The number of halogens is 4. The highest BCUT2D eigenvalue weighted by Crippen LogP contribution is 2.27. The molecule has 0 radical (unpaired) electrons. The molecule has 25 heavy (non-hydrogen) atoms. The maximum Gasteiger partial charge on any atom is 0.161 e. The fourth-order valence-electron chi connectivity index (χ4n) is 2.32. The summed E-state index contributed by atoms with van der Waals surface area (Å²) in [5, 5.41) is 0. The van der Waals surface area contributed by atoms with Gasteiger partial charge in [-0.1, -0.05) is 24.3 Å². The fraction of sp³-hybridized carbons (Fsp3) is 0.0526. The van der Waals surface area contributed by atoms with Gasteiger partial charge in [0.2, 0.25) is 0 Å². The topological polar surface area (TPSA) is 35.2 Å². The lowest BCUT2D eigenvalue weighted by Crippen LogP contribution is -1.96. The minimum Gasteiger partial charge on any atom is -0.489 e. The average Bonchev–Trinajstić information content (AvgIpc) is 2.57. The molecule has 6 heteroatoms. The molecular formula is C19H15ClF3NO. The molecule has 0 bridgehead atoms. The molecule has 0 aliphatic heterocycles. The summed E-state index contributed by atoms with van der Waals surface area (Å²) < 4.78 is 45.7. The van der Waals surface area contributed by atoms with E-state index in [4.69, 9.17) is 10.5 Å². The Hall–Kier alpha value is -2.66. The number of hydrogen-bond donors (Lipinski definition) is 1. The number of nitrogen functional groups attached to an aromatic ring is 1.